The third-order valence-corrected chi connectivity index (χ3v) is 3.43. The second-order valence-electron chi connectivity index (χ2n) is 4.60. The monoisotopic (exact) mass is 331 g/mol. The summed E-state index contributed by atoms with van der Waals surface area (Å²) in [7, 11) is 0. The fraction of sp³-hybridized carbons (Fsp3) is 0.545. The highest BCUT2D eigenvalue weighted by molar-refractivity contribution is 9.10. The Morgan fingerprint density at radius 1 is 1.63 bits per heavy atom. The van der Waals surface area contributed by atoms with E-state index in [0.717, 1.165) is 29.7 Å². The van der Waals surface area contributed by atoms with E-state index in [-0.39, 0.29) is 16.7 Å². The van der Waals surface area contributed by atoms with Crippen molar-refractivity contribution in [2.24, 2.45) is 0 Å². The average molecular weight is 332 g/mol. The van der Waals surface area contributed by atoms with E-state index in [0.29, 0.717) is 12.6 Å². The average Bonchev–Trinajstić information content (AvgIpc) is 3.16. The molecule has 19 heavy (non-hydrogen) atoms. The Morgan fingerprint density at radius 2 is 2.32 bits per heavy atom. The summed E-state index contributed by atoms with van der Waals surface area (Å²) in [4.78, 5) is 21.9. The maximum absolute atomic E-state index is 11.8. The van der Waals surface area contributed by atoms with Gasteiger partial charge in [-0.3, -0.25) is 14.9 Å². The molecule has 104 valence electrons. The third-order valence-electron chi connectivity index (χ3n) is 2.87. The summed E-state index contributed by atoms with van der Waals surface area (Å²) in [5.41, 5.74) is -0.579. The molecule has 1 fully saturated rings. The molecule has 1 saturated carbocycles. The molecule has 0 bridgehead atoms. The first-order chi connectivity index (χ1) is 8.97. The van der Waals surface area contributed by atoms with Crippen LogP contribution in [-0.2, 0) is 6.54 Å². The highest BCUT2D eigenvalue weighted by Crippen LogP contribution is 2.18. The van der Waals surface area contributed by atoms with Crippen LogP contribution in [0.1, 0.15) is 12.8 Å². The van der Waals surface area contributed by atoms with E-state index in [1.807, 2.05) is 0 Å². The molecule has 0 saturated heterocycles. The lowest BCUT2D eigenvalue weighted by Crippen LogP contribution is -2.34. The van der Waals surface area contributed by atoms with Crippen molar-refractivity contribution < 1.29 is 10.0 Å². The van der Waals surface area contributed by atoms with Crippen LogP contribution in [0.3, 0.4) is 0 Å². The summed E-state index contributed by atoms with van der Waals surface area (Å²) in [6.45, 7) is 0.399. The lowest BCUT2D eigenvalue weighted by atomic mass is 10.3. The number of hydrogen-bond acceptors (Lipinski definition) is 5. The van der Waals surface area contributed by atoms with Crippen LogP contribution in [0.5, 0.6) is 0 Å². The van der Waals surface area contributed by atoms with Crippen LogP contribution in [0, 0.1) is 10.1 Å². The van der Waals surface area contributed by atoms with Crippen molar-refractivity contribution >= 4 is 21.6 Å². The molecule has 7 nitrogen and oxygen atoms in total. The van der Waals surface area contributed by atoms with Crippen LogP contribution in [0.15, 0.2) is 21.5 Å². The SMILES string of the molecule is O=c1c(Br)cc([N+](=O)[O-])cn1CC(O)CNC1CC1. The Morgan fingerprint density at radius 3 is 2.89 bits per heavy atom. The van der Waals surface area contributed by atoms with Gasteiger partial charge in [-0.1, -0.05) is 0 Å². The molecule has 1 atom stereocenters. The molecule has 1 aromatic heterocycles. The number of aliphatic hydroxyl groups excluding tert-OH is 1. The van der Waals surface area contributed by atoms with Gasteiger partial charge in [-0.25, -0.2) is 0 Å². The molecule has 0 radical (unpaired) electrons. The summed E-state index contributed by atoms with van der Waals surface area (Å²) in [6.07, 6.45) is 2.60. The molecular weight excluding hydrogens is 318 g/mol. The minimum absolute atomic E-state index is 0.0266. The molecule has 1 aliphatic rings. The van der Waals surface area contributed by atoms with Crippen molar-refractivity contribution in [3.63, 3.8) is 0 Å². The third kappa shape index (κ3) is 3.85. The van der Waals surface area contributed by atoms with Crippen LogP contribution in [0.25, 0.3) is 0 Å². The van der Waals surface area contributed by atoms with Crippen molar-refractivity contribution in [1.82, 2.24) is 9.88 Å². The van der Waals surface area contributed by atoms with Gasteiger partial charge in [0, 0.05) is 18.7 Å². The van der Waals surface area contributed by atoms with Gasteiger partial charge >= 0.3 is 0 Å². The van der Waals surface area contributed by atoms with Gasteiger partial charge in [0.25, 0.3) is 11.2 Å². The largest absolute Gasteiger partial charge is 0.390 e. The van der Waals surface area contributed by atoms with Crippen molar-refractivity contribution in [1.29, 1.82) is 0 Å². The van der Waals surface area contributed by atoms with Crippen LogP contribution < -0.4 is 10.9 Å². The fourth-order valence-electron chi connectivity index (χ4n) is 1.70. The van der Waals surface area contributed by atoms with E-state index in [2.05, 4.69) is 21.2 Å². The van der Waals surface area contributed by atoms with E-state index in [9.17, 15) is 20.0 Å². The molecule has 1 heterocycles. The highest BCUT2D eigenvalue weighted by atomic mass is 79.9. The van der Waals surface area contributed by atoms with Crippen LogP contribution in [0.4, 0.5) is 5.69 Å². The van der Waals surface area contributed by atoms with Gasteiger partial charge < -0.3 is 15.0 Å². The molecule has 1 unspecified atom stereocenters. The molecule has 1 aliphatic carbocycles. The minimum atomic E-state index is -0.757. The quantitative estimate of drug-likeness (QED) is 0.588. The van der Waals surface area contributed by atoms with Gasteiger partial charge in [-0.15, -0.1) is 0 Å². The zero-order valence-corrected chi connectivity index (χ0v) is 11.7. The second-order valence-corrected chi connectivity index (χ2v) is 5.45. The first kappa shape index (κ1) is 14.2. The van der Waals surface area contributed by atoms with Crippen molar-refractivity contribution in [2.75, 3.05) is 6.54 Å². The summed E-state index contributed by atoms with van der Waals surface area (Å²) in [5, 5.41) is 23.7. The van der Waals surface area contributed by atoms with E-state index in [1.165, 1.54) is 0 Å². The maximum Gasteiger partial charge on any atom is 0.286 e. The zero-order valence-electron chi connectivity index (χ0n) is 10.1. The van der Waals surface area contributed by atoms with E-state index >= 15 is 0 Å². The van der Waals surface area contributed by atoms with E-state index < -0.39 is 16.6 Å². The Kier molecular flexibility index (Phi) is 4.33. The second kappa shape index (κ2) is 5.81. The Labute approximate surface area is 117 Å². The minimum Gasteiger partial charge on any atom is -0.390 e. The number of halogens is 1. The molecule has 0 aromatic carbocycles. The smallest absolute Gasteiger partial charge is 0.286 e. The first-order valence-electron chi connectivity index (χ1n) is 5.93. The lowest BCUT2D eigenvalue weighted by molar-refractivity contribution is -0.385. The van der Waals surface area contributed by atoms with Gasteiger partial charge in [0.15, 0.2) is 0 Å². The molecule has 2 N–H and O–H groups in total. The Bertz CT molecular complexity index is 541. The lowest BCUT2D eigenvalue weighted by Gasteiger charge is -2.13. The predicted octanol–water partition coefficient (Wildman–Crippen LogP) is 0.632. The van der Waals surface area contributed by atoms with Gasteiger partial charge in [-0.2, -0.15) is 0 Å². The van der Waals surface area contributed by atoms with Crippen molar-refractivity contribution in [3.8, 4) is 0 Å². The molecular formula is C11H14BrN3O4. The van der Waals surface area contributed by atoms with Gasteiger partial charge in [0.1, 0.15) is 0 Å². The fourth-order valence-corrected chi connectivity index (χ4v) is 2.16. The number of aliphatic hydroxyl groups is 1. The van der Waals surface area contributed by atoms with Crippen LogP contribution in [-0.4, -0.2) is 33.3 Å². The zero-order chi connectivity index (χ0) is 14.0. The topological polar surface area (TPSA) is 97.4 Å². The standard InChI is InChI=1S/C11H14BrN3O4/c12-10-3-8(15(18)19)5-14(11(10)17)6-9(16)4-13-7-1-2-7/h3,5,7,9,13,16H,1-2,4,6H2. The van der Waals surface area contributed by atoms with Crippen LogP contribution in [0.2, 0.25) is 0 Å². The number of nitrogens with zero attached hydrogens (tertiary/aromatic N) is 2. The molecule has 1 aromatic rings. The maximum atomic E-state index is 11.8. The molecule has 2 rings (SSSR count). The number of aromatic nitrogens is 1. The predicted molar refractivity (Wildman–Crippen MR) is 72.1 cm³/mol. The van der Waals surface area contributed by atoms with Gasteiger partial charge in [0.05, 0.1) is 28.2 Å². The Balaban J connectivity index is 2.08. The molecule has 0 spiro atoms. The number of hydrogen-bond donors (Lipinski definition) is 2. The highest BCUT2D eigenvalue weighted by Gasteiger charge is 2.22. The summed E-state index contributed by atoms with van der Waals surface area (Å²) < 4.78 is 1.27. The Hall–Kier alpha value is -1.25. The first-order valence-corrected chi connectivity index (χ1v) is 6.72. The van der Waals surface area contributed by atoms with E-state index in [4.69, 9.17) is 0 Å². The van der Waals surface area contributed by atoms with Gasteiger partial charge in [0.2, 0.25) is 0 Å². The molecule has 0 amide bonds. The normalized spacial score (nSPS) is 16.3. The number of rotatable bonds is 6. The summed E-state index contributed by atoms with van der Waals surface area (Å²) in [5.74, 6) is 0. The van der Waals surface area contributed by atoms with Crippen molar-refractivity contribution in [2.45, 2.75) is 31.5 Å². The van der Waals surface area contributed by atoms with Crippen LogP contribution >= 0.6 is 15.9 Å². The molecule has 0 aliphatic heterocycles. The summed E-state index contributed by atoms with van der Waals surface area (Å²) in [6, 6.07) is 1.62. The van der Waals surface area contributed by atoms with Crippen molar-refractivity contribution in [3.05, 3.63) is 37.2 Å². The molecule has 8 heteroatoms. The number of pyridine rings is 1. The number of nitro groups is 1. The van der Waals surface area contributed by atoms with Gasteiger partial charge in [-0.05, 0) is 28.8 Å². The summed E-state index contributed by atoms with van der Waals surface area (Å²) >= 11 is 2.99. The number of nitrogens with one attached hydrogen (secondary N) is 1. The van der Waals surface area contributed by atoms with E-state index in [1.54, 1.807) is 0 Å².